The van der Waals surface area contributed by atoms with E-state index in [4.69, 9.17) is 0 Å². The first-order valence-electron chi connectivity index (χ1n) is 7.59. The van der Waals surface area contributed by atoms with Crippen molar-refractivity contribution in [2.75, 3.05) is 39.8 Å². The molecule has 112 valence electrons. The maximum atomic E-state index is 4.53. The first-order valence-corrected chi connectivity index (χ1v) is 8.38. The van der Waals surface area contributed by atoms with Crippen molar-refractivity contribution < 1.29 is 0 Å². The van der Waals surface area contributed by atoms with Crippen LogP contribution in [-0.4, -0.2) is 65.4 Å². The molecule has 1 aromatic rings. The van der Waals surface area contributed by atoms with Crippen LogP contribution in [0.2, 0.25) is 0 Å². The highest BCUT2D eigenvalue weighted by Gasteiger charge is 2.38. The average molecular weight is 342 g/mol. The molecule has 4 rings (SSSR count). The topological polar surface area (TPSA) is 36.3 Å². The Labute approximate surface area is 129 Å². The predicted octanol–water partition coefficient (Wildman–Crippen LogP) is 1.32. The van der Waals surface area contributed by atoms with Gasteiger partial charge in [-0.1, -0.05) is 6.92 Å². The lowest BCUT2D eigenvalue weighted by Gasteiger charge is -2.50. The Morgan fingerprint density at radius 2 is 2.15 bits per heavy atom. The van der Waals surface area contributed by atoms with Gasteiger partial charge < -0.3 is 5.32 Å². The van der Waals surface area contributed by atoms with Gasteiger partial charge in [-0.25, -0.2) is 0 Å². The molecular weight excluding hydrogens is 318 g/mol. The van der Waals surface area contributed by atoms with Crippen LogP contribution in [0, 0.1) is 0 Å². The van der Waals surface area contributed by atoms with E-state index in [1.807, 2.05) is 6.20 Å². The summed E-state index contributed by atoms with van der Waals surface area (Å²) in [5.41, 5.74) is 1.30. The summed E-state index contributed by atoms with van der Waals surface area (Å²) in [6.45, 7) is 9.19. The number of fused-ring (bicyclic) bond motifs is 3. The van der Waals surface area contributed by atoms with Gasteiger partial charge in [0.25, 0.3) is 0 Å². The number of nitrogens with zero attached hydrogens (tertiary/aromatic N) is 4. The number of hydrogen-bond donors (Lipinski definition) is 1. The van der Waals surface area contributed by atoms with Crippen LogP contribution in [-0.2, 0) is 6.54 Å². The second kappa shape index (κ2) is 6.13. The third-order valence-electron chi connectivity index (χ3n) is 4.58. The van der Waals surface area contributed by atoms with E-state index in [2.05, 4.69) is 54.8 Å². The zero-order valence-electron chi connectivity index (χ0n) is 12.3. The molecule has 5 nitrogen and oxygen atoms in total. The standard InChI is InChI=1S/C14H24BrN5/c1-3-4-20-14(11(15)9-17-20)13(16-2)12-10-18-5-7-19(12)8-6-18/h9,12-13,16H,3-8,10H2,1-2H3. The quantitative estimate of drug-likeness (QED) is 0.876. The molecule has 0 radical (unpaired) electrons. The van der Waals surface area contributed by atoms with E-state index < -0.39 is 0 Å². The predicted molar refractivity (Wildman–Crippen MR) is 83.8 cm³/mol. The molecule has 4 heterocycles. The average Bonchev–Trinajstić information content (AvgIpc) is 2.84. The van der Waals surface area contributed by atoms with Crippen LogP contribution in [0.15, 0.2) is 10.7 Å². The van der Waals surface area contributed by atoms with E-state index in [0.29, 0.717) is 12.1 Å². The van der Waals surface area contributed by atoms with E-state index in [1.54, 1.807) is 0 Å². The van der Waals surface area contributed by atoms with Crippen molar-refractivity contribution in [2.24, 2.45) is 0 Å². The van der Waals surface area contributed by atoms with Crippen molar-refractivity contribution in [2.45, 2.75) is 32.0 Å². The minimum absolute atomic E-state index is 0.335. The molecule has 3 aliphatic rings. The number of aryl methyl sites for hydroxylation is 1. The Balaban J connectivity index is 1.88. The molecule has 0 aliphatic carbocycles. The van der Waals surface area contributed by atoms with Gasteiger partial charge in [0.05, 0.1) is 22.4 Å². The molecule has 2 atom stereocenters. The number of likely N-dealkylation sites (N-methyl/N-ethyl adjacent to an activating group) is 1. The molecule has 1 aromatic heterocycles. The maximum Gasteiger partial charge on any atom is 0.0712 e. The van der Waals surface area contributed by atoms with Crippen LogP contribution in [0.4, 0.5) is 0 Å². The summed E-state index contributed by atoms with van der Waals surface area (Å²) in [6.07, 6.45) is 3.05. The molecule has 3 fully saturated rings. The maximum absolute atomic E-state index is 4.53. The number of halogens is 1. The van der Waals surface area contributed by atoms with Gasteiger partial charge in [-0.2, -0.15) is 5.10 Å². The van der Waals surface area contributed by atoms with Crippen LogP contribution in [0.5, 0.6) is 0 Å². The summed E-state index contributed by atoms with van der Waals surface area (Å²) >= 11 is 3.69. The van der Waals surface area contributed by atoms with E-state index >= 15 is 0 Å². The van der Waals surface area contributed by atoms with Gasteiger partial charge in [-0.05, 0) is 29.4 Å². The molecule has 6 heteroatoms. The highest BCUT2D eigenvalue weighted by Crippen LogP contribution is 2.31. The van der Waals surface area contributed by atoms with Gasteiger partial charge in [0.1, 0.15) is 0 Å². The SMILES string of the molecule is CCCn1ncc(Br)c1C(NC)C1CN2CCN1CC2. The van der Waals surface area contributed by atoms with Crippen molar-refractivity contribution in [3.05, 3.63) is 16.4 Å². The van der Waals surface area contributed by atoms with Gasteiger partial charge in [-0.15, -0.1) is 0 Å². The first-order chi connectivity index (χ1) is 9.74. The number of rotatable bonds is 5. The highest BCUT2D eigenvalue weighted by atomic mass is 79.9. The van der Waals surface area contributed by atoms with E-state index in [9.17, 15) is 0 Å². The van der Waals surface area contributed by atoms with Crippen molar-refractivity contribution in [1.29, 1.82) is 0 Å². The summed E-state index contributed by atoms with van der Waals surface area (Å²) in [5, 5.41) is 8.07. The third-order valence-corrected chi connectivity index (χ3v) is 5.19. The molecule has 1 N–H and O–H groups in total. The molecule has 0 saturated carbocycles. The van der Waals surface area contributed by atoms with E-state index in [-0.39, 0.29) is 0 Å². The lowest BCUT2D eigenvalue weighted by atomic mass is 9.97. The van der Waals surface area contributed by atoms with Crippen molar-refractivity contribution in [3.8, 4) is 0 Å². The first kappa shape index (κ1) is 14.5. The molecule has 0 aromatic carbocycles. The van der Waals surface area contributed by atoms with Crippen LogP contribution in [0.25, 0.3) is 0 Å². The number of nitrogens with one attached hydrogen (secondary N) is 1. The van der Waals surface area contributed by atoms with Gasteiger partial charge in [0, 0.05) is 45.3 Å². The Morgan fingerprint density at radius 1 is 1.40 bits per heavy atom. The van der Waals surface area contributed by atoms with Crippen LogP contribution in [0.1, 0.15) is 25.1 Å². The molecule has 3 aliphatic heterocycles. The molecule has 0 amide bonds. The largest absolute Gasteiger partial charge is 0.310 e. The molecule has 20 heavy (non-hydrogen) atoms. The van der Waals surface area contributed by atoms with Crippen LogP contribution in [0.3, 0.4) is 0 Å². The minimum Gasteiger partial charge on any atom is -0.310 e. The number of hydrogen-bond acceptors (Lipinski definition) is 4. The Morgan fingerprint density at radius 3 is 2.70 bits per heavy atom. The molecular formula is C14H24BrN5. The van der Waals surface area contributed by atoms with Gasteiger partial charge in [-0.3, -0.25) is 14.5 Å². The molecule has 3 saturated heterocycles. The van der Waals surface area contributed by atoms with Crippen LogP contribution >= 0.6 is 15.9 Å². The summed E-state index contributed by atoms with van der Waals surface area (Å²) < 4.78 is 3.28. The fourth-order valence-electron chi connectivity index (χ4n) is 3.56. The zero-order chi connectivity index (χ0) is 14.1. The second-order valence-corrected chi connectivity index (χ2v) is 6.63. The Hall–Kier alpha value is -0.430. The van der Waals surface area contributed by atoms with Crippen LogP contribution < -0.4 is 5.32 Å². The highest BCUT2D eigenvalue weighted by molar-refractivity contribution is 9.10. The van der Waals surface area contributed by atoms with Gasteiger partial charge in [0.15, 0.2) is 0 Å². The van der Waals surface area contributed by atoms with Gasteiger partial charge >= 0.3 is 0 Å². The Kier molecular flexibility index (Phi) is 4.45. The summed E-state index contributed by atoms with van der Waals surface area (Å²) in [6, 6.07) is 0.882. The van der Waals surface area contributed by atoms with Gasteiger partial charge in [0.2, 0.25) is 0 Å². The van der Waals surface area contributed by atoms with Crippen molar-refractivity contribution in [3.63, 3.8) is 0 Å². The lowest BCUT2D eigenvalue weighted by molar-refractivity contribution is -0.00394. The smallest absolute Gasteiger partial charge is 0.0712 e. The fourth-order valence-corrected chi connectivity index (χ4v) is 4.10. The minimum atomic E-state index is 0.335. The fraction of sp³-hybridized carbons (Fsp3) is 0.786. The molecule has 2 bridgehead atoms. The van der Waals surface area contributed by atoms with Crippen molar-refractivity contribution >= 4 is 15.9 Å². The summed E-state index contributed by atoms with van der Waals surface area (Å²) in [7, 11) is 2.07. The van der Waals surface area contributed by atoms with E-state index in [0.717, 1.165) is 24.0 Å². The lowest BCUT2D eigenvalue weighted by Crippen LogP contribution is -2.63. The Bertz CT molecular complexity index is 452. The monoisotopic (exact) mass is 341 g/mol. The summed E-state index contributed by atoms with van der Waals surface area (Å²) in [4.78, 5) is 5.22. The number of piperazine rings is 3. The zero-order valence-corrected chi connectivity index (χ0v) is 13.9. The molecule has 0 spiro atoms. The second-order valence-electron chi connectivity index (χ2n) is 5.77. The van der Waals surface area contributed by atoms with Crippen molar-refractivity contribution in [1.82, 2.24) is 24.9 Å². The number of aromatic nitrogens is 2. The summed E-state index contributed by atoms with van der Waals surface area (Å²) in [5.74, 6) is 0. The van der Waals surface area contributed by atoms with E-state index in [1.165, 1.54) is 31.9 Å². The molecule has 2 unspecified atom stereocenters. The third kappa shape index (κ3) is 2.54. The normalized spacial score (nSPS) is 30.6.